The molecule has 1 rings (SSSR count). The number of carbonyl (C=O) groups excluding carboxylic acids is 1. The Labute approximate surface area is 126 Å². The van der Waals surface area contributed by atoms with Crippen molar-refractivity contribution in [3.8, 4) is 0 Å². The van der Waals surface area contributed by atoms with E-state index in [9.17, 15) is 9.59 Å². The molecule has 0 bridgehead atoms. The highest BCUT2D eigenvalue weighted by atomic mass is 16.4. The fraction of sp³-hybridized carbons (Fsp3) is 0.733. The van der Waals surface area contributed by atoms with E-state index in [4.69, 9.17) is 5.11 Å². The molecule has 2 amide bonds. The summed E-state index contributed by atoms with van der Waals surface area (Å²) >= 11 is 0. The Morgan fingerprint density at radius 2 is 2.00 bits per heavy atom. The molecule has 0 saturated heterocycles. The number of nitrogens with one attached hydrogen (secondary N) is 2. The average molecular weight is 297 g/mol. The number of carboxylic acid groups (broad SMARTS) is 1. The van der Waals surface area contributed by atoms with Gasteiger partial charge in [-0.2, -0.15) is 0 Å². The maximum atomic E-state index is 12.0. The molecule has 0 aromatic heterocycles. The van der Waals surface area contributed by atoms with Gasteiger partial charge in [0, 0.05) is 12.6 Å². The molecule has 0 saturated carbocycles. The van der Waals surface area contributed by atoms with Gasteiger partial charge in [0.25, 0.3) is 0 Å². The highest BCUT2D eigenvalue weighted by molar-refractivity contribution is 5.76. The predicted octanol–water partition coefficient (Wildman–Crippen LogP) is 1.29. The van der Waals surface area contributed by atoms with Crippen LogP contribution in [0.4, 0.5) is 4.79 Å². The number of rotatable bonds is 7. The first-order chi connectivity index (χ1) is 9.77. The molecule has 120 valence electrons. The van der Waals surface area contributed by atoms with E-state index in [2.05, 4.69) is 24.5 Å². The maximum Gasteiger partial charge on any atom is 0.315 e. The lowest BCUT2D eigenvalue weighted by Crippen LogP contribution is -2.49. The molecule has 21 heavy (non-hydrogen) atoms. The van der Waals surface area contributed by atoms with Crippen molar-refractivity contribution in [3.63, 3.8) is 0 Å². The van der Waals surface area contributed by atoms with Crippen LogP contribution >= 0.6 is 0 Å². The van der Waals surface area contributed by atoms with Gasteiger partial charge in [0.05, 0.1) is 12.0 Å². The summed E-state index contributed by atoms with van der Waals surface area (Å²) in [6.45, 7) is 5.03. The van der Waals surface area contributed by atoms with Gasteiger partial charge < -0.3 is 20.6 Å². The monoisotopic (exact) mass is 297 g/mol. The van der Waals surface area contributed by atoms with Crippen molar-refractivity contribution in [3.05, 3.63) is 12.2 Å². The summed E-state index contributed by atoms with van der Waals surface area (Å²) < 4.78 is 0. The topological polar surface area (TPSA) is 81.7 Å². The number of carboxylic acids is 1. The van der Waals surface area contributed by atoms with Crippen LogP contribution in [-0.4, -0.2) is 54.7 Å². The third-order valence-corrected chi connectivity index (χ3v) is 3.39. The van der Waals surface area contributed by atoms with E-state index in [1.54, 1.807) is 12.2 Å². The fourth-order valence-corrected chi connectivity index (χ4v) is 2.57. The lowest BCUT2D eigenvalue weighted by atomic mass is 10.0. The Kier molecular flexibility index (Phi) is 6.68. The number of hydrogen-bond donors (Lipinski definition) is 3. The summed E-state index contributed by atoms with van der Waals surface area (Å²) in [6, 6.07) is -0.353. The maximum absolute atomic E-state index is 12.0. The molecule has 6 heteroatoms. The fourth-order valence-electron chi connectivity index (χ4n) is 2.57. The largest absolute Gasteiger partial charge is 0.481 e. The van der Waals surface area contributed by atoms with E-state index < -0.39 is 11.9 Å². The van der Waals surface area contributed by atoms with Crippen LogP contribution in [0.1, 0.15) is 26.7 Å². The number of likely N-dealkylation sites (N-methyl/N-ethyl adjacent to an activating group) is 1. The molecule has 1 aliphatic rings. The predicted molar refractivity (Wildman–Crippen MR) is 82.1 cm³/mol. The molecule has 0 aromatic carbocycles. The highest BCUT2D eigenvalue weighted by Gasteiger charge is 2.26. The molecule has 1 aliphatic carbocycles. The van der Waals surface area contributed by atoms with E-state index in [-0.39, 0.29) is 18.1 Å². The van der Waals surface area contributed by atoms with Crippen molar-refractivity contribution in [2.24, 2.45) is 11.8 Å². The Morgan fingerprint density at radius 1 is 1.33 bits per heavy atom. The van der Waals surface area contributed by atoms with E-state index >= 15 is 0 Å². The second-order valence-corrected chi connectivity index (χ2v) is 6.38. The van der Waals surface area contributed by atoms with E-state index in [1.807, 2.05) is 19.0 Å². The lowest BCUT2D eigenvalue weighted by molar-refractivity contribution is -0.140. The van der Waals surface area contributed by atoms with Gasteiger partial charge in [-0.3, -0.25) is 4.79 Å². The summed E-state index contributed by atoms with van der Waals surface area (Å²) in [7, 11) is 3.95. The summed E-state index contributed by atoms with van der Waals surface area (Å²) in [5.74, 6) is -0.845. The van der Waals surface area contributed by atoms with Crippen molar-refractivity contribution in [2.45, 2.75) is 38.8 Å². The quantitative estimate of drug-likeness (QED) is 0.619. The summed E-state index contributed by atoms with van der Waals surface area (Å²) in [5.41, 5.74) is 0. The van der Waals surface area contributed by atoms with E-state index in [1.165, 1.54) is 0 Å². The Morgan fingerprint density at radius 3 is 2.48 bits per heavy atom. The van der Waals surface area contributed by atoms with Crippen LogP contribution in [0.3, 0.4) is 0 Å². The van der Waals surface area contributed by atoms with Gasteiger partial charge in [-0.25, -0.2) is 4.79 Å². The Bertz CT molecular complexity index is 384. The van der Waals surface area contributed by atoms with Crippen LogP contribution in [0.25, 0.3) is 0 Å². The first-order valence-corrected chi connectivity index (χ1v) is 7.40. The van der Waals surface area contributed by atoms with Crippen molar-refractivity contribution < 1.29 is 14.7 Å². The highest BCUT2D eigenvalue weighted by Crippen LogP contribution is 2.17. The normalized spacial score (nSPS) is 22.6. The van der Waals surface area contributed by atoms with Gasteiger partial charge in [-0.1, -0.05) is 26.0 Å². The van der Waals surface area contributed by atoms with Gasteiger partial charge in [0.2, 0.25) is 0 Å². The Hall–Kier alpha value is -1.56. The number of amides is 2. The summed E-state index contributed by atoms with van der Waals surface area (Å²) in [5, 5.41) is 14.7. The zero-order valence-electron chi connectivity index (χ0n) is 13.3. The zero-order chi connectivity index (χ0) is 16.0. The number of hydrogen-bond acceptors (Lipinski definition) is 3. The molecule has 3 unspecified atom stereocenters. The van der Waals surface area contributed by atoms with Crippen LogP contribution < -0.4 is 10.6 Å². The molecular weight excluding hydrogens is 270 g/mol. The van der Waals surface area contributed by atoms with Gasteiger partial charge in [0.15, 0.2) is 0 Å². The van der Waals surface area contributed by atoms with Crippen LogP contribution in [-0.2, 0) is 4.79 Å². The van der Waals surface area contributed by atoms with Crippen molar-refractivity contribution in [1.29, 1.82) is 0 Å². The van der Waals surface area contributed by atoms with Gasteiger partial charge in [-0.05, 0) is 32.9 Å². The number of aliphatic carboxylic acids is 1. The molecule has 0 spiro atoms. The van der Waals surface area contributed by atoms with Crippen LogP contribution in [0, 0.1) is 11.8 Å². The Balaban J connectivity index is 2.43. The molecule has 3 N–H and O–H groups in total. The number of urea groups is 1. The third kappa shape index (κ3) is 6.62. The molecule has 0 aromatic rings. The molecule has 0 radical (unpaired) electrons. The van der Waals surface area contributed by atoms with Gasteiger partial charge >= 0.3 is 12.0 Å². The minimum atomic E-state index is -0.846. The SMILES string of the molecule is CC(C)CC(CN(C)C)NC(=O)NC1C=CC(C(=O)O)C1. The van der Waals surface area contributed by atoms with Gasteiger partial charge in [-0.15, -0.1) is 0 Å². The molecule has 3 atom stereocenters. The lowest BCUT2D eigenvalue weighted by Gasteiger charge is -2.25. The van der Waals surface area contributed by atoms with Crippen LogP contribution in [0.15, 0.2) is 12.2 Å². The minimum absolute atomic E-state index is 0.0839. The van der Waals surface area contributed by atoms with Crippen LogP contribution in [0.5, 0.6) is 0 Å². The molecule has 6 nitrogen and oxygen atoms in total. The molecule has 0 fully saturated rings. The van der Waals surface area contributed by atoms with Crippen LogP contribution in [0.2, 0.25) is 0 Å². The molecular formula is C15H27N3O3. The smallest absolute Gasteiger partial charge is 0.315 e. The second kappa shape index (κ2) is 8.02. The minimum Gasteiger partial charge on any atom is -0.481 e. The second-order valence-electron chi connectivity index (χ2n) is 6.38. The van der Waals surface area contributed by atoms with E-state index in [0.29, 0.717) is 12.3 Å². The average Bonchev–Trinajstić information content (AvgIpc) is 2.75. The molecule has 0 aliphatic heterocycles. The standard InChI is InChI=1S/C15H27N3O3/c1-10(2)7-13(9-18(3)4)17-15(21)16-12-6-5-11(8-12)14(19)20/h5-6,10-13H,7-9H2,1-4H3,(H,19,20)(H2,16,17,21). The number of nitrogens with zero attached hydrogens (tertiary/aromatic N) is 1. The number of carbonyl (C=O) groups is 2. The zero-order valence-corrected chi connectivity index (χ0v) is 13.3. The van der Waals surface area contributed by atoms with E-state index in [0.717, 1.165) is 13.0 Å². The first-order valence-electron chi connectivity index (χ1n) is 7.40. The first kappa shape index (κ1) is 17.5. The third-order valence-electron chi connectivity index (χ3n) is 3.39. The van der Waals surface area contributed by atoms with Crippen molar-refractivity contribution in [2.75, 3.05) is 20.6 Å². The van der Waals surface area contributed by atoms with Gasteiger partial charge in [0.1, 0.15) is 0 Å². The summed E-state index contributed by atoms with van der Waals surface area (Å²) in [4.78, 5) is 24.9. The van der Waals surface area contributed by atoms with Crippen molar-refractivity contribution in [1.82, 2.24) is 15.5 Å². The molecule has 0 heterocycles. The summed E-state index contributed by atoms with van der Waals surface area (Å²) in [6.07, 6.45) is 4.72. The van der Waals surface area contributed by atoms with Crippen molar-refractivity contribution >= 4 is 12.0 Å².